The average Bonchev–Trinajstić information content (AvgIpc) is 2.46. The first-order valence-corrected chi connectivity index (χ1v) is 7.20. The molecule has 0 aliphatic carbocycles. The van der Waals surface area contributed by atoms with Gasteiger partial charge in [0.05, 0.1) is 5.69 Å². The van der Waals surface area contributed by atoms with Crippen LogP contribution in [0.15, 0.2) is 23.2 Å². The van der Waals surface area contributed by atoms with Crippen molar-refractivity contribution in [2.45, 2.75) is 19.3 Å². The van der Waals surface area contributed by atoms with Gasteiger partial charge < -0.3 is 4.74 Å². The molecule has 0 aromatic heterocycles. The Morgan fingerprint density at radius 3 is 2.68 bits per heavy atom. The number of hydrogen-bond donors (Lipinski definition) is 1. The zero-order chi connectivity index (χ0) is 16.8. The molecule has 120 valence electrons. The molecule has 9 heteroatoms. The number of benzene rings is 1. The van der Waals surface area contributed by atoms with Gasteiger partial charge in [0.15, 0.2) is 18.0 Å². The highest BCUT2D eigenvalue weighted by Crippen LogP contribution is 2.27. The number of halogens is 4. The molecule has 0 atom stereocenters. The number of hydrogen-bond acceptors (Lipinski definition) is 4. The molecule has 1 rings (SSSR count). The minimum atomic E-state index is -4.20. The van der Waals surface area contributed by atoms with Crippen LogP contribution in [0.2, 0.25) is 0 Å². The monoisotopic (exact) mass is 335 g/mol. The first-order chi connectivity index (χ1) is 10.3. The summed E-state index contributed by atoms with van der Waals surface area (Å²) in [6, 6.07) is 4.24. The molecule has 1 aromatic rings. The Morgan fingerprint density at radius 2 is 2.18 bits per heavy atom. The van der Waals surface area contributed by atoms with E-state index in [-0.39, 0.29) is 5.75 Å². The maximum atomic E-state index is 12.8. The summed E-state index contributed by atoms with van der Waals surface area (Å²) in [5.74, 6) is -4.16. The predicted octanol–water partition coefficient (Wildman–Crippen LogP) is 3.70. The van der Waals surface area contributed by atoms with Crippen molar-refractivity contribution < 1.29 is 22.3 Å². The van der Waals surface area contributed by atoms with Crippen LogP contribution < -0.4 is 10.1 Å². The van der Waals surface area contributed by atoms with Gasteiger partial charge in [0, 0.05) is 0 Å². The Hall–Kier alpha value is -1.95. The van der Waals surface area contributed by atoms with Gasteiger partial charge in [-0.1, -0.05) is 11.8 Å². The van der Waals surface area contributed by atoms with Crippen molar-refractivity contribution in [3.05, 3.63) is 23.8 Å². The summed E-state index contributed by atoms with van der Waals surface area (Å²) < 4.78 is 54.3. The van der Waals surface area contributed by atoms with Gasteiger partial charge in [0.2, 0.25) is 0 Å². The second-order valence-electron chi connectivity index (χ2n) is 4.16. The van der Waals surface area contributed by atoms with Gasteiger partial charge in [0.1, 0.15) is 5.75 Å². The van der Waals surface area contributed by atoms with E-state index in [0.717, 1.165) is 0 Å². The van der Waals surface area contributed by atoms with Crippen LogP contribution in [-0.2, 0) is 0 Å². The zero-order valence-electron chi connectivity index (χ0n) is 11.7. The molecule has 0 bridgehead atoms. The van der Waals surface area contributed by atoms with Crippen LogP contribution >= 0.6 is 11.8 Å². The summed E-state index contributed by atoms with van der Waals surface area (Å²) >= 11 is 1.22. The number of nitrogens with zero attached hydrogens (tertiary/aromatic N) is 2. The molecule has 0 aliphatic rings. The first-order valence-electron chi connectivity index (χ1n) is 5.97. The fourth-order valence-corrected chi connectivity index (χ4v) is 1.70. The van der Waals surface area contributed by atoms with E-state index in [1.165, 1.54) is 30.0 Å². The van der Waals surface area contributed by atoms with Crippen molar-refractivity contribution in [2.24, 2.45) is 4.99 Å². The fraction of sp³-hybridized carbons (Fsp3) is 0.385. The van der Waals surface area contributed by atoms with Crippen LogP contribution in [0, 0.1) is 18.4 Å². The van der Waals surface area contributed by atoms with E-state index in [0.29, 0.717) is 16.4 Å². The highest BCUT2D eigenvalue weighted by molar-refractivity contribution is 8.13. The van der Waals surface area contributed by atoms with E-state index in [4.69, 9.17) is 10.00 Å². The van der Waals surface area contributed by atoms with Gasteiger partial charge >= 0.3 is 12.3 Å². The Kier molecular flexibility index (Phi) is 6.49. The summed E-state index contributed by atoms with van der Waals surface area (Å²) in [6.07, 6.45) is -0.318. The summed E-state index contributed by atoms with van der Waals surface area (Å²) in [4.78, 5) is 4.17. The Bertz CT molecular complexity index is 587. The summed E-state index contributed by atoms with van der Waals surface area (Å²) in [7, 11) is 0. The zero-order valence-corrected chi connectivity index (χ0v) is 12.6. The molecule has 0 fully saturated rings. The van der Waals surface area contributed by atoms with Crippen LogP contribution in [-0.4, -0.2) is 30.4 Å². The van der Waals surface area contributed by atoms with E-state index in [1.807, 2.05) is 0 Å². The van der Waals surface area contributed by atoms with Crippen LogP contribution in [0.4, 0.5) is 23.2 Å². The Morgan fingerprint density at radius 1 is 1.50 bits per heavy atom. The molecule has 22 heavy (non-hydrogen) atoms. The maximum absolute atomic E-state index is 12.8. The molecule has 1 N–H and O–H groups in total. The van der Waals surface area contributed by atoms with E-state index in [2.05, 4.69) is 10.3 Å². The van der Waals surface area contributed by atoms with Gasteiger partial charge in [-0.2, -0.15) is 14.0 Å². The minimum absolute atomic E-state index is 0.0377. The van der Waals surface area contributed by atoms with Gasteiger partial charge in [-0.05, 0) is 36.9 Å². The van der Waals surface area contributed by atoms with Crippen LogP contribution in [0.3, 0.4) is 0 Å². The summed E-state index contributed by atoms with van der Waals surface area (Å²) in [5, 5.41) is 11.3. The third kappa shape index (κ3) is 5.11. The third-order valence-electron chi connectivity index (χ3n) is 2.50. The Labute approximate surface area is 129 Å². The predicted molar refractivity (Wildman–Crippen MR) is 77.0 cm³/mol. The van der Waals surface area contributed by atoms with Crippen molar-refractivity contribution in [3.8, 4) is 11.9 Å². The number of rotatable bonds is 5. The normalized spacial score (nSPS) is 12.2. The van der Waals surface area contributed by atoms with E-state index >= 15 is 0 Å². The van der Waals surface area contributed by atoms with E-state index in [9.17, 15) is 17.6 Å². The number of aryl methyl sites for hydroxylation is 1. The molecule has 0 saturated carbocycles. The molecule has 0 radical (unpaired) electrons. The first kappa shape index (κ1) is 18.1. The number of ether oxygens (including phenoxy) is 1. The average molecular weight is 335 g/mol. The minimum Gasteiger partial charge on any atom is -0.487 e. The maximum Gasteiger partial charge on any atom is 0.340 e. The number of alkyl halides is 4. The fourth-order valence-electron chi connectivity index (χ4n) is 1.37. The molecule has 0 spiro atoms. The van der Waals surface area contributed by atoms with Crippen molar-refractivity contribution in [2.75, 3.05) is 12.9 Å². The van der Waals surface area contributed by atoms with Crippen molar-refractivity contribution >= 4 is 22.6 Å². The molecular formula is C13H13F4N3OS. The standard InChI is InChI=1S/C13H13F4N3OS/c1-8-5-9(21-6-13(16,17)11(14)15)3-4-10(8)20-12(22-2)19-7-18/h3-5,11H,6H2,1-2H3,(H,19,20). The molecule has 0 unspecified atom stereocenters. The van der Waals surface area contributed by atoms with Gasteiger partial charge in [-0.15, -0.1) is 0 Å². The van der Waals surface area contributed by atoms with Crippen LogP contribution in [0.5, 0.6) is 5.75 Å². The molecule has 0 amide bonds. The van der Waals surface area contributed by atoms with Crippen LogP contribution in [0.1, 0.15) is 5.56 Å². The lowest BCUT2D eigenvalue weighted by molar-refractivity contribution is -0.148. The van der Waals surface area contributed by atoms with E-state index in [1.54, 1.807) is 19.4 Å². The number of thioether (sulfide) groups is 1. The molecule has 1 aromatic carbocycles. The summed E-state index contributed by atoms with van der Waals surface area (Å²) in [5.41, 5.74) is 1.09. The lowest BCUT2D eigenvalue weighted by Gasteiger charge is -2.16. The molecule has 0 heterocycles. The molecule has 4 nitrogen and oxygen atoms in total. The summed E-state index contributed by atoms with van der Waals surface area (Å²) in [6.45, 7) is 0.250. The van der Waals surface area contributed by atoms with Gasteiger partial charge in [-0.3, -0.25) is 5.32 Å². The number of nitrogens with one attached hydrogen (secondary N) is 1. The smallest absolute Gasteiger partial charge is 0.340 e. The second-order valence-corrected chi connectivity index (χ2v) is 4.95. The molecule has 0 aliphatic heterocycles. The largest absolute Gasteiger partial charge is 0.487 e. The lowest BCUT2D eigenvalue weighted by atomic mass is 10.2. The van der Waals surface area contributed by atoms with Crippen molar-refractivity contribution in [1.29, 1.82) is 5.26 Å². The topological polar surface area (TPSA) is 57.4 Å². The Balaban J connectivity index is 2.84. The SMILES string of the molecule is CSC(=Nc1ccc(OCC(F)(F)C(F)F)cc1C)NC#N. The highest BCUT2D eigenvalue weighted by atomic mass is 32.2. The number of amidine groups is 1. The molecule has 0 saturated heterocycles. The second kappa shape index (κ2) is 7.89. The lowest BCUT2D eigenvalue weighted by Crippen LogP contribution is -2.33. The van der Waals surface area contributed by atoms with Gasteiger partial charge in [0.25, 0.3) is 0 Å². The van der Waals surface area contributed by atoms with Crippen molar-refractivity contribution in [3.63, 3.8) is 0 Å². The quantitative estimate of drug-likeness (QED) is 0.293. The van der Waals surface area contributed by atoms with Crippen molar-refractivity contribution in [1.82, 2.24) is 5.32 Å². The van der Waals surface area contributed by atoms with E-state index < -0.39 is 19.0 Å². The number of nitriles is 1. The van der Waals surface area contributed by atoms with Crippen LogP contribution in [0.25, 0.3) is 0 Å². The van der Waals surface area contributed by atoms with Gasteiger partial charge in [-0.25, -0.2) is 13.8 Å². The number of aliphatic imine (C=N–C) groups is 1. The highest BCUT2D eigenvalue weighted by Gasteiger charge is 2.41. The third-order valence-corrected chi connectivity index (χ3v) is 3.08. The molecular weight excluding hydrogens is 322 g/mol.